The van der Waals surface area contributed by atoms with Gasteiger partial charge in [0, 0.05) is 43.5 Å². The molecule has 0 amide bonds. The molecule has 6 aromatic rings. The van der Waals surface area contributed by atoms with E-state index < -0.39 is 11.7 Å². The summed E-state index contributed by atoms with van der Waals surface area (Å²) >= 11 is 1.81. The van der Waals surface area contributed by atoms with Crippen LogP contribution in [0.4, 0.5) is 41.6 Å². The van der Waals surface area contributed by atoms with Crippen molar-refractivity contribution in [1.82, 2.24) is 0 Å². The van der Waals surface area contributed by atoms with Crippen molar-refractivity contribution in [2.75, 3.05) is 9.80 Å². The molecule has 3 heterocycles. The van der Waals surface area contributed by atoms with Gasteiger partial charge in [0.1, 0.15) is 0 Å². The lowest BCUT2D eigenvalue weighted by Gasteiger charge is -2.49. The topological polar surface area (TPSA) is 6.48 Å². The van der Waals surface area contributed by atoms with Crippen molar-refractivity contribution in [2.24, 2.45) is 5.41 Å². The molecule has 0 saturated carbocycles. The zero-order valence-electron chi connectivity index (χ0n) is 40.5. The molecule has 3 aliphatic carbocycles. The first-order valence-electron chi connectivity index (χ1n) is 24.1. The highest BCUT2D eigenvalue weighted by atomic mass is 32.1. The van der Waals surface area contributed by atoms with E-state index in [1.165, 1.54) is 50.2 Å². The average molecular weight is 899 g/mol. The molecule has 1 aromatic heterocycles. The Hall–Kier alpha value is -5.01. The molecule has 0 spiro atoms. The lowest BCUT2D eigenvalue weighted by Crippen LogP contribution is -2.62. The highest BCUT2D eigenvalue weighted by molar-refractivity contribution is 7.33. The number of hydrogen-bond acceptors (Lipinski definition) is 3. The molecule has 338 valence electrons. The first-order chi connectivity index (χ1) is 31.0. The number of nitrogens with zero attached hydrogens (tertiary/aromatic N) is 2. The van der Waals surface area contributed by atoms with E-state index in [2.05, 4.69) is 183 Å². The molecule has 0 bridgehead atoms. The Kier molecular flexibility index (Phi) is 9.41. The van der Waals surface area contributed by atoms with Crippen LogP contribution >= 0.6 is 11.3 Å². The van der Waals surface area contributed by atoms with E-state index in [4.69, 9.17) is 0 Å². The summed E-state index contributed by atoms with van der Waals surface area (Å²) in [7, 11) is 0. The lowest BCUT2D eigenvalue weighted by atomic mass is 9.35. The Bertz CT molecular complexity index is 3050. The Labute approximate surface area is 394 Å². The summed E-state index contributed by atoms with van der Waals surface area (Å²) < 4.78 is 50.2. The fourth-order valence-corrected chi connectivity index (χ4v) is 13.7. The van der Waals surface area contributed by atoms with Gasteiger partial charge in [-0.05, 0) is 133 Å². The molecular formula is C59H62BF3N2S. The minimum Gasteiger partial charge on any atom is -0.333 e. The summed E-state index contributed by atoms with van der Waals surface area (Å²) in [5.74, 6) is -0.132. The van der Waals surface area contributed by atoms with E-state index in [1.807, 2.05) is 17.4 Å². The number of thiophene rings is 1. The molecule has 0 N–H and O–H groups in total. The van der Waals surface area contributed by atoms with E-state index >= 15 is 13.2 Å². The van der Waals surface area contributed by atoms with Crippen LogP contribution in [-0.4, -0.2) is 12.8 Å². The maximum atomic E-state index is 16.0. The maximum Gasteiger partial charge on any atom is 0.416 e. The average Bonchev–Trinajstić information content (AvgIpc) is 3.65. The Morgan fingerprint density at radius 1 is 0.636 bits per heavy atom. The fraction of sp³-hybridized carbons (Fsp3) is 0.390. The van der Waals surface area contributed by atoms with Crippen LogP contribution in [0.25, 0.3) is 10.1 Å². The molecule has 7 heteroatoms. The van der Waals surface area contributed by atoms with Gasteiger partial charge in [-0.15, -0.1) is 11.3 Å². The third kappa shape index (κ3) is 6.55. The molecular weight excluding hydrogens is 837 g/mol. The van der Waals surface area contributed by atoms with Crippen molar-refractivity contribution in [3.8, 4) is 0 Å². The van der Waals surface area contributed by atoms with E-state index in [-0.39, 0.29) is 45.7 Å². The van der Waals surface area contributed by atoms with Crippen LogP contribution in [0.2, 0.25) is 0 Å². The van der Waals surface area contributed by atoms with Crippen molar-refractivity contribution in [3.05, 3.63) is 154 Å². The molecule has 66 heavy (non-hydrogen) atoms. The molecule has 0 radical (unpaired) electrons. The number of rotatable bonds is 3. The summed E-state index contributed by atoms with van der Waals surface area (Å²) in [6.45, 7) is 25.2. The van der Waals surface area contributed by atoms with Crippen molar-refractivity contribution in [3.63, 3.8) is 0 Å². The van der Waals surface area contributed by atoms with Crippen molar-refractivity contribution in [2.45, 2.75) is 142 Å². The summed E-state index contributed by atoms with van der Waals surface area (Å²) in [6.07, 6.45) is 6.52. The fourth-order valence-electron chi connectivity index (χ4n) is 12.4. The van der Waals surface area contributed by atoms with Gasteiger partial charge < -0.3 is 9.80 Å². The quantitative estimate of drug-likeness (QED) is 0.163. The highest BCUT2D eigenvalue weighted by Gasteiger charge is 2.51. The molecule has 5 aliphatic rings. The predicted molar refractivity (Wildman–Crippen MR) is 275 cm³/mol. The summed E-state index contributed by atoms with van der Waals surface area (Å²) in [5, 5.41) is 1.08. The second-order valence-corrected chi connectivity index (χ2v) is 24.8. The van der Waals surface area contributed by atoms with Gasteiger partial charge in [-0.3, -0.25) is 0 Å². The molecule has 5 aromatic carbocycles. The normalized spacial score (nSPS) is 22.0. The summed E-state index contributed by atoms with van der Waals surface area (Å²) in [4.78, 5) is 4.57. The van der Waals surface area contributed by atoms with Crippen LogP contribution in [-0.2, 0) is 27.8 Å². The van der Waals surface area contributed by atoms with Gasteiger partial charge in [-0.1, -0.05) is 155 Å². The molecule has 2 aliphatic heterocycles. The van der Waals surface area contributed by atoms with Crippen LogP contribution < -0.4 is 25.5 Å². The SMILES string of the molecule is CC(C)(C)C1=CC(c2ccccc2)C(N2c3cc(C(F)(F)F)cc4c3B(c3cc5c(cc3N4c3ccc4c(c3)C(C)(C)CCC4(C)C)C(C)(C)CCC5(C)C)c3sc4ccccc4c32)C=C1. The minimum atomic E-state index is -4.60. The Morgan fingerprint density at radius 3 is 1.88 bits per heavy atom. The van der Waals surface area contributed by atoms with Gasteiger partial charge in [-0.2, -0.15) is 13.2 Å². The summed E-state index contributed by atoms with van der Waals surface area (Å²) in [5.41, 5.74) is 12.9. The monoisotopic (exact) mass is 898 g/mol. The Morgan fingerprint density at radius 2 is 1.23 bits per heavy atom. The van der Waals surface area contributed by atoms with Crippen LogP contribution in [0, 0.1) is 5.41 Å². The van der Waals surface area contributed by atoms with E-state index in [0.29, 0.717) is 11.4 Å². The van der Waals surface area contributed by atoms with Gasteiger partial charge >= 0.3 is 6.18 Å². The highest BCUT2D eigenvalue weighted by Crippen LogP contribution is 2.55. The second kappa shape index (κ2) is 14.3. The largest absolute Gasteiger partial charge is 0.416 e. The number of alkyl halides is 3. The first kappa shape index (κ1) is 43.6. The number of allylic oxidation sites excluding steroid dienone is 2. The van der Waals surface area contributed by atoms with Crippen LogP contribution in [0.3, 0.4) is 0 Å². The van der Waals surface area contributed by atoms with Gasteiger partial charge in [-0.25, -0.2) is 0 Å². The van der Waals surface area contributed by atoms with Gasteiger partial charge in [0.25, 0.3) is 6.71 Å². The number of hydrogen-bond donors (Lipinski definition) is 0. The van der Waals surface area contributed by atoms with Crippen molar-refractivity contribution in [1.29, 1.82) is 0 Å². The summed E-state index contributed by atoms with van der Waals surface area (Å²) in [6, 6.07) is 33.5. The molecule has 2 unspecified atom stereocenters. The molecule has 0 fully saturated rings. The number of anilines is 5. The second-order valence-electron chi connectivity index (χ2n) is 23.8. The van der Waals surface area contributed by atoms with Gasteiger partial charge in [0.2, 0.25) is 0 Å². The first-order valence-corrected chi connectivity index (χ1v) is 24.9. The molecule has 11 rings (SSSR count). The van der Waals surface area contributed by atoms with Crippen LogP contribution in [0.1, 0.15) is 141 Å². The predicted octanol–water partition coefficient (Wildman–Crippen LogP) is 15.1. The molecule has 2 atom stereocenters. The van der Waals surface area contributed by atoms with Crippen LogP contribution in [0.15, 0.2) is 121 Å². The van der Waals surface area contributed by atoms with Gasteiger partial charge in [0.05, 0.1) is 17.3 Å². The van der Waals surface area contributed by atoms with Crippen molar-refractivity contribution < 1.29 is 13.2 Å². The molecule has 2 nitrogen and oxygen atoms in total. The standard InChI is InChI=1S/C59H62BF3N2S/c1-54(2,3)36-21-24-46(40(29-36)35-17-13-12-14-18-35)65-49-31-37(59(61,62)63)30-48-51(49)60(53-52(65)39-19-15-16-20-50(39)66-53)45-33-43-44(58(10,11)28-27-57(43,8)9)34-47(45)64(48)38-22-23-41-42(32-38)56(6,7)26-25-55(41,4)5/h12-24,29-34,40,46H,25-28H2,1-11H3. The maximum absolute atomic E-state index is 16.0. The number of fused-ring (bicyclic) bond motifs is 8. The zero-order valence-corrected chi connectivity index (χ0v) is 41.3. The lowest BCUT2D eigenvalue weighted by molar-refractivity contribution is -0.137. The number of benzene rings is 5. The van der Waals surface area contributed by atoms with E-state index in [0.717, 1.165) is 63.9 Å². The zero-order chi connectivity index (χ0) is 46.7. The third-order valence-corrected chi connectivity index (χ3v) is 17.8. The third-order valence-electron chi connectivity index (χ3n) is 16.5. The Balaban J connectivity index is 1.27. The van der Waals surface area contributed by atoms with Crippen LogP contribution in [0.5, 0.6) is 0 Å². The van der Waals surface area contributed by atoms with E-state index in [9.17, 15) is 0 Å². The van der Waals surface area contributed by atoms with Crippen molar-refractivity contribution >= 4 is 72.3 Å². The van der Waals surface area contributed by atoms with Gasteiger partial charge in [0.15, 0.2) is 0 Å². The van der Waals surface area contributed by atoms with E-state index in [1.54, 1.807) is 0 Å². The molecule has 0 saturated heterocycles. The minimum absolute atomic E-state index is 0.0134. The smallest absolute Gasteiger partial charge is 0.333 e. The number of halogens is 3.